The van der Waals surface area contributed by atoms with E-state index >= 15 is 0 Å². The summed E-state index contributed by atoms with van der Waals surface area (Å²) >= 11 is 5.33. The summed E-state index contributed by atoms with van der Waals surface area (Å²) in [5, 5.41) is 0. The summed E-state index contributed by atoms with van der Waals surface area (Å²) < 4.78 is 59.6. The minimum atomic E-state index is -9.83. The molecule has 0 aliphatic carbocycles. The van der Waals surface area contributed by atoms with Crippen LogP contribution < -0.4 is 0 Å². The summed E-state index contributed by atoms with van der Waals surface area (Å²) in [5.41, 5.74) is 0. The molecule has 0 bridgehead atoms. The van der Waals surface area contributed by atoms with Crippen molar-refractivity contribution in [3.63, 3.8) is 0 Å². The topological polar surface area (TPSA) is 12.4 Å². The molecule has 0 atom stereocenters. The van der Waals surface area contributed by atoms with Crippen molar-refractivity contribution in [1.82, 2.24) is 0 Å². The van der Waals surface area contributed by atoms with Crippen molar-refractivity contribution in [3.05, 3.63) is 30.3 Å². The smallest absolute Gasteiger partial charge is 0.109 e. The van der Waals surface area contributed by atoms with E-state index in [-0.39, 0.29) is 4.90 Å². The molecule has 92 valence electrons. The van der Waals surface area contributed by atoms with Crippen LogP contribution in [0, 0.1) is 0 Å². The molecule has 0 saturated heterocycles. The third-order valence-corrected chi connectivity index (χ3v) is 3.02. The van der Waals surface area contributed by atoms with E-state index in [1.807, 2.05) is 0 Å². The molecule has 1 aromatic rings. The molecule has 0 spiro atoms. The summed E-state index contributed by atoms with van der Waals surface area (Å²) in [6, 6.07) is 7.54. The van der Waals surface area contributed by atoms with Gasteiger partial charge in [0.15, 0.2) is 4.50 Å². The number of nitrogens with zero attached hydrogens (tertiary/aromatic N) is 1. The number of halogens is 6. The molecule has 0 heterocycles. The molecule has 0 amide bonds. The van der Waals surface area contributed by atoms with Crippen molar-refractivity contribution >= 4 is 38.3 Å². The van der Waals surface area contributed by atoms with Gasteiger partial charge in [0.25, 0.3) is 0 Å². The molecule has 1 rings (SSSR count). The van der Waals surface area contributed by atoms with E-state index in [4.69, 9.17) is 11.6 Å². The number of hydrogen-bond donors (Lipinski definition) is 0. The van der Waals surface area contributed by atoms with Gasteiger partial charge >= 0.3 is 10.4 Å². The Labute approximate surface area is 97.6 Å². The molecule has 16 heavy (non-hydrogen) atoms. The Kier molecular flexibility index (Phi) is 2.98. The van der Waals surface area contributed by atoms with E-state index in [0.717, 1.165) is 0 Å². The van der Waals surface area contributed by atoms with Crippen molar-refractivity contribution in [2.45, 2.75) is 4.90 Å². The highest BCUT2D eigenvalue weighted by Crippen LogP contribution is 2.99. The highest BCUT2D eigenvalue weighted by Gasteiger charge is 2.64. The van der Waals surface area contributed by atoms with Gasteiger partial charge in [-0.2, -0.15) is 0 Å². The van der Waals surface area contributed by atoms with E-state index < -0.39 is 14.9 Å². The lowest BCUT2D eigenvalue weighted by Crippen LogP contribution is -2.02. The molecule has 9 heteroatoms. The fourth-order valence-electron chi connectivity index (χ4n) is 0.740. The first kappa shape index (κ1) is 13.6. The molecule has 0 saturated carbocycles. The Morgan fingerprint density at radius 2 is 1.56 bits per heavy atom. The van der Waals surface area contributed by atoms with Gasteiger partial charge in [0, 0.05) is 4.90 Å². The van der Waals surface area contributed by atoms with Gasteiger partial charge in [-0.3, -0.25) is 0 Å². The average molecular weight is 298 g/mol. The first-order valence-corrected chi connectivity index (χ1v) is 6.79. The second-order valence-corrected chi connectivity index (χ2v) is 6.37. The lowest BCUT2D eigenvalue weighted by Gasteiger charge is -2.34. The predicted molar refractivity (Wildman–Crippen MR) is 58.7 cm³/mol. The van der Waals surface area contributed by atoms with Gasteiger partial charge in [0.05, 0.1) is 0 Å². The van der Waals surface area contributed by atoms with E-state index in [0.29, 0.717) is 11.8 Å². The molecule has 0 fully saturated rings. The lowest BCUT2D eigenvalue weighted by atomic mass is 10.4. The largest absolute Gasteiger partial charge is 0.383 e. The van der Waals surface area contributed by atoms with E-state index in [2.05, 4.69) is 0 Å². The van der Waals surface area contributed by atoms with Gasteiger partial charge in [0.2, 0.25) is 0 Å². The van der Waals surface area contributed by atoms with Crippen molar-refractivity contribution < 1.29 is 19.4 Å². The molecule has 0 radical (unpaired) electrons. The minimum Gasteiger partial charge on any atom is -0.109 e. The van der Waals surface area contributed by atoms with Gasteiger partial charge in [0.1, 0.15) is 0 Å². The normalized spacial score (nSPS) is 17.8. The molecule has 0 unspecified atom stereocenters. The fourth-order valence-corrected chi connectivity index (χ4v) is 2.73. The molecular formula is C7H5ClF5NS2. The Bertz CT molecular complexity index is 415. The second kappa shape index (κ2) is 3.51. The van der Waals surface area contributed by atoms with Crippen LogP contribution in [-0.2, 0) is 0 Å². The molecule has 0 aliphatic rings. The summed E-state index contributed by atoms with van der Waals surface area (Å²) in [5.74, 6) is 0. The van der Waals surface area contributed by atoms with Crippen molar-refractivity contribution in [2.24, 2.45) is 4.40 Å². The quantitative estimate of drug-likeness (QED) is 0.300. The third kappa shape index (κ3) is 6.19. The molecule has 0 N–H and O–H groups in total. The van der Waals surface area contributed by atoms with Crippen LogP contribution in [0.15, 0.2) is 39.6 Å². The Balaban J connectivity index is 2.91. The van der Waals surface area contributed by atoms with Crippen LogP contribution in [0.25, 0.3) is 0 Å². The highest BCUT2D eigenvalue weighted by atomic mass is 35.5. The van der Waals surface area contributed by atoms with Gasteiger partial charge in [-0.15, -0.1) is 4.40 Å². The van der Waals surface area contributed by atoms with E-state index in [1.54, 1.807) is 6.07 Å². The Hall–Kier alpha value is -0.470. The zero-order valence-electron chi connectivity index (χ0n) is 7.42. The van der Waals surface area contributed by atoms with Crippen LogP contribution in [-0.4, -0.2) is 4.50 Å². The van der Waals surface area contributed by atoms with Crippen LogP contribution in [0.2, 0.25) is 0 Å². The maximum atomic E-state index is 11.9. The molecular weight excluding hydrogens is 293 g/mol. The molecule has 0 aliphatic heterocycles. The van der Waals surface area contributed by atoms with Crippen LogP contribution in [0.1, 0.15) is 0 Å². The summed E-state index contributed by atoms with van der Waals surface area (Å²) in [4.78, 5) is 0.290. The maximum Gasteiger partial charge on any atom is 0.383 e. The molecule has 1 aromatic carbocycles. The predicted octanol–water partition coefficient (Wildman–Crippen LogP) is 5.59. The van der Waals surface area contributed by atoms with Crippen molar-refractivity contribution in [1.29, 1.82) is 0 Å². The van der Waals surface area contributed by atoms with Gasteiger partial charge in [-0.05, 0) is 12.1 Å². The maximum absolute atomic E-state index is 11.9. The van der Waals surface area contributed by atoms with Gasteiger partial charge in [-0.25, -0.2) is 0 Å². The number of benzene rings is 1. The summed E-state index contributed by atoms with van der Waals surface area (Å²) in [6.07, 6.45) is 0. The van der Waals surface area contributed by atoms with Crippen LogP contribution >= 0.6 is 33.8 Å². The second-order valence-electron chi connectivity index (χ2n) is 2.69. The van der Waals surface area contributed by atoms with Crippen molar-refractivity contribution in [3.8, 4) is 0 Å². The number of rotatable bonds is 2. The van der Waals surface area contributed by atoms with Crippen LogP contribution in [0.3, 0.4) is 0 Å². The van der Waals surface area contributed by atoms with Crippen molar-refractivity contribution in [2.75, 3.05) is 0 Å². The van der Waals surface area contributed by atoms with Gasteiger partial charge in [-0.1, -0.05) is 61.0 Å². The monoisotopic (exact) mass is 297 g/mol. The van der Waals surface area contributed by atoms with Gasteiger partial charge < -0.3 is 0 Å². The first-order chi connectivity index (χ1) is 6.95. The Morgan fingerprint density at radius 1 is 1.06 bits per heavy atom. The lowest BCUT2D eigenvalue weighted by molar-refractivity contribution is 0.367. The van der Waals surface area contributed by atoms with Crippen LogP contribution in [0.4, 0.5) is 19.4 Å². The SMILES string of the molecule is FS(F)(F)(F)(F)/N=C(/Cl)Sc1ccccc1. The molecule has 1 nitrogen and oxygen atoms in total. The average Bonchev–Trinajstić information content (AvgIpc) is 1.98. The third-order valence-electron chi connectivity index (χ3n) is 1.19. The molecule has 0 aromatic heterocycles. The van der Waals surface area contributed by atoms with Crippen LogP contribution in [0.5, 0.6) is 0 Å². The first-order valence-electron chi connectivity index (χ1n) is 3.69. The number of hydrogen-bond acceptors (Lipinski definition) is 2. The zero-order chi connectivity index (χ0) is 12.5. The highest BCUT2D eigenvalue weighted by molar-refractivity contribution is 8.45. The summed E-state index contributed by atoms with van der Waals surface area (Å²) in [6.45, 7) is 0. The zero-order valence-corrected chi connectivity index (χ0v) is 9.81. The summed E-state index contributed by atoms with van der Waals surface area (Å²) in [7, 11) is -9.83. The minimum absolute atomic E-state index is 0.290. The number of thioether (sulfide) groups is 1. The standard InChI is InChI=1S/C7H5ClF5NS2/c8-7(14-16(9,10,11,12)13)15-6-4-2-1-3-5-6/h1-5H/b14-7-. The fraction of sp³-hybridized carbons (Fsp3) is 0. The Morgan fingerprint density at radius 3 is 2.00 bits per heavy atom. The van der Waals surface area contributed by atoms with E-state index in [1.165, 1.54) is 28.7 Å². The van der Waals surface area contributed by atoms with E-state index in [9.17, 15) is 19.4 Å².